The fraction of sp³-hybridized carbons (Fsp3) is 0.375. The van der Waals surface area contributed by atoms with E-state index in [1.807, 2.05) is 30.3 Å². The van der Waals surface area contributed by atoms with E-state index in [9.17, 15) is 4.79 Å². The fourth-order valence-corrected chi connectivity index (χ4v) is 2.45. The van der Waals surface area contributed by atoms with Crippen LogP contribution in [0.15, 0.2) is 42.7 Å². The molecule has 1 aliphatic heterocycles. The van der Waals surface area contributed by atoms with Crippen molar-refractivity contribution < 1.29 is 9.53 Å². The summed E-state index contributed by atoms with van der Waals surface area (Å²) in [5.41, 5.74) is 1.75. The van der Waals surface area contributed by atoms with Crippen molar-refractivity contribution in [3.8, 4) is 0 Å². The summed E-state index contributed by atoms with van der Waals surface area (Å²) in [4.78, 5) is 12.0. The molecule has 5 nitrogen and oxygen atoms in total. The molecule has 1 aliphatic rings. The van der Waals surface area contributed by atoms with Crippen molar-refractivity contribution in [2.75, 3.05) is 13.2 Å². The molecular weight excluding hydrogens is 266 g/mol. The lowest BCUT2D eigenvalue weighted by Crippen LogP contribution is -2.31. The number of nitrogens with one attached hydrogen (secondary N) is 1. The molecule has 0 bridgehead atoms. The molecule has 2 heterocycles. The number of carbonyl (C=O) groups excluding carboxylic acids is 1. The molecule has 0 spiro atoms. The molecular formula is C16H19N3O2. The maximum absolute atomic E-state index is 12.0. The Kier molecular flexibility index (Phi) is 4.31. The summed E-state index contributed by atoms with van der Waals surface area (Å²) in [6, 6.07) is 10.1. The van der Waals surface area contributed by atoms with Gasteiger partial charge in [0.1, 0.15) is 0 Å². The number of benzene rings is 1. The summed E-state index contributed by atoms with van der Waals surface area (Å²) in [5, 5.41) is 7.14. The van der Waals surface area contributed by atoms with Crippen LogP contribution in [-0.2, 0) is 11.3 Å². The van der Waals surface area contributed by atoms with Gasteiger partial charge in [-0.3, -0.25) is 9.48 Å². The zero-order chi connectivity index (χ0) is 14.5. The molecule has 110 valence electrons. The Labute approximate surface area is 123 Å². The van der Waals surface area contributed by atoms with Crippen molar-refractivity contribution in [1.29, 1.82) is 0 Å². The minimum atomic E-state index is -0.0928. The number of nitrogens with zero attached hydrogens (tertiary/aromatic N) is 2. The van der Waals surface area contributed by atoms with E-state index >= 15 is 0 Å². The van der Waals surface area contributed by atoms with Crippen LogP contribution in [0, 0.1) is 0 Å². The van der Waals surface area contributed by atoms with E-state index in [-0.39, 0.29) is 12.0 Å². The number of ether oxygens (including phenoxy) is 1. The summed E-state index contributed by atoms with van der Waals surface area (Å²) in [7, 11) is 0. The third kappa shape index (κ3) is 3.70. The minimum Gasteiger partial charge on any atom is -0.376 e. The van der Waals surface area contributed by atoms with E-state index in [4.69, 9.17) is 4.74 Å². The predicted molar refractivity (Wildman–Crippen MR) is 79.1 cm³/mol. The molecule has 0 radical (unpaired) electrons. The van der Waals surface area contributed by atoms with Crippen molar-refractivity contribution in [2.24, 2.45) is 0 Å². The molecule has 1 aromatic carbocycles. The Morgan fingerprint density at radius 1 is 1.38 bits per heavy atom. The summed E-state index contributed by atoms with van der Waals surface area (Å²) in [6.45, 7) is 2.04. The van der Waals surface area contributed by atoms with Crippen LogP contribution in [0.4, 0.5) is 0 Å². The first-order chi connectivity index (χ1) is 10.3. The highest BCUT2D eigenvalue weighted by Gasteiger charge is 2.17. The number of hydrogen-bond acceptors (Lipinski definition) is 3. The molecule has 1 aromatic heterocycles. The molecule has 0 saturated carbocycles. The molecule has 0 aliphatic carbocycles. The fourth-order valence-electron chi connectivity index (χ4n) is 2.45. The third-order valence-corrected chi connectivity index (χ3v) is 3.60. The number of hydrogen-bond donors (Lipinski definition) is 1. The molecule has 2 aromatic rings. The standard InChI is InChI=1S/C16H19N3O2/c20-16(17-10-15-7-4-8-21-15)14-9-18-19(12-14)11-13-5-2-1-3-6-13/h1-3,5-6,9,12,15H,4,7-8,10-11H2,(H,17,20)/t15-/m0/s1. The van der Waals surface area contributed by atoms with Crippen LogP contribution in [0.2, 0.25) is 0 Å². The van der Waals surface area contributed by atoms with Crippen LogP contribution >= 0.6 is 0 Å². The van der Waals surface area contributed by atoms with Crippen LogP contribution in [0.1, 0.15) is 28.8 Å². The monoisotopic (exact) mass is 285 g/mol. The molecule has 3 rings (SSSR count). The summed E-state index contributed by atoms with van der Waals surface area (Å²) in [5.74, 6) is -0.0928. The average molecular weight is 285 g/mol. The molecule has 5 heteroatoms. The molecule has 1 atom stereocenters. The Hall–Kier alpha value is -2.14. The summed E-state index contributed by atoms with van der Waals surface area (Å²) < 4.78 is 7.26. The van der Waals surface area contributed by atoms with E-state index in [2.05, 4.69) is 10.4 Å². The van der Waals surface area contributed by atoms with Crippen LogP contribution < -0.4 is 5.32 Å². The van der Waals surface area contributed by atoms with Gasteiger partial charge in [-0.05, 0) is 18.4 Å². The van der Waals surface area contributed by atoms with Gasteiger partial charge in [0.05, 0.1) is 24.4 Å². The molecule has 21 heavy (non-hydrogen) atoms. The Bertz CT molecular complexity index is 589. The van der Waals surface area contributed by atoms with E-state index in [1.54, 1.807) is 17.1 Å². The van der Waals surface area contributed by atoms with E-state index in [0.717, 1.165) is 25.0 Å². The zero-order valence-electron chi connectivity index (χ0n) is 11.9. The van der Waals surface area contributed by atoms with Crippen LogP contribution in [-0.4, -0.2) is 34.9 Å². The number of aromatic nitrogens is 2. The normalized spacial score (nSPS) is 17.8. The Morgan fingerprint density at radius 3 is 3.00 bits per heavy atom. The van der Waals surface area contributed by atoms with Crippen LogP contribution in [0.25, 0.3) is 0 Å². The maximum Gasteiger partial charge on any atom is 0.254 e. The second-order valence-corrected chi connectivity index (χ2v) is 5.26. The van der Waals surface area contributed by atoms with Crippen molar-refractivity contribution in [2.45, 2.75) is 25.5 Å². The number of amides is 1. The van der Waals surface area contributed by atoms with E-state index in [0.29, 0.717) is 18.7 Å². The lowest BCUT2D eigenvalue weighted by molar-refractivity contribution is 0.0857. The third-order valence-electron chi connectivity index (χ3n) is 3.60. The smallest absolute Gasteiger partial charge is 0.254 e. The van der Waals surface area contributed by atoms with Crippen molar-refractivity contribution in [3.63, 3.8) is 0 Å². The molecule has 1 amide bonds. The van der Waals surface area contributed by atoms with Crippen LogP contribution in [0.5, 0.6) is 0 Å². The molecule has 1 saturated heterocycles. The lowest BCUT2D eigenvalue weighted by Gasteiger charge is -2.09. The van der Waals surface area contributed by atoms with E-state index in [1.165, 1.54) is 0 Å². The van der Waals surface area contributed by atoms with Gasteiger partial charge in [-0.15, -0.1) is 0 Å². The van der Waals surface area contributed by atoms with Gasteiger partial charge >= 0.3 is 0 Å². The second-order valence-electron chi connectivity index (χ2n) is 5.26. The Morgan fingerprint density at radius 2 is 2.24 bits per heavy atom. The first-order valence-electron chi connectivity index (χ1n) is 7.27. The largest absolute Gasteiger partial charge is 0.376 e. The van der Waals surface area contributed by atoms with Crippen molar-refractivity contribution in [3.05, 3.63) is 53.9 Å². The predicted octanol–water partition coefficient (Wildman–Crippen LogP) is 1.84. The topological polar surface area (TPSA) is 56.1 Å². The van der Waals surface area contributed by atoms with E-state index < -0.39 is 0 Å². The lowest BCUT2D eigenvalue weighted by atomic mass is 10.2. The highest BCUT2D eigenvalue weighted by atomic mass is 16.5. The average Bonchev–Trinajstić information content (AvgIpc) is 3.17. The van der Waals surface area contributed by atoms with Crippen molar-refractivity contribution >= 4 is 5.91 Å². The van der Waals surface area contributed by atoms with Gasteiger partial charge in [-0.1, -0.05) is 30.3 Å². The highest BCUT2D eigenvalue weighted by molar-refractivity contribution is 5.93. The van der Waals surface area contributed by atoms with Gasteiger partial charge in [0.15, 0.2) is 0 Å². The summed E-state index contributed by atoms with van der Waals surface area (Å²) in [6.07, 6.45) is 5.64. The Balaban J connectivity index is 1.55. The zero-order valence-corrected chi connectivity index (χ0v) is 11.9. The number of rotatable bonds is 5. The van der Waals surface area contributed by atoms with Gasteiger partial charge in [0.25, 0.3) is 5.91 Å². The molecule has 1 N–H and O–H groups in total. The number of carbonyl (C=O) groups is 1. The highest BCUT2D eigenvalue weighted by Crippen LogP contribution is 2.11. The summed E-state index contributed by atoms with van der Waals surface area (Å²) >= 11 is 0. The van der Waals surface area contributed by atoms with Crippen LogP contribution in [0.3, 0.4) is 0 Å². The first-order valence-corrected chi connectivity index (χ1v) is 7.27. The van der Waals surface area contributed by atoms with Crippen molar-refractivity contribution in [1.82, 2.24) is 15.1 Å². The van der Waals surface area contributed by atoms with Gasteiger partial charge < -0.3 is 10.1 Å². The first kappa shape index (κ1) is 13.8. The van der Waals surface area contributed by atoms with Gasteiger partial charge in [-0.2, -0.15) is 5.10 Å². The molecule has 1 fully saturated rings. The quantitative estimate of drug-likeness (QED) is 0.912. The maximum atomic E-state index is 12.0. The SMILES string of the molecule is O=C(NC[C@@H]1CCCO1)c1cnn(Cc2ccccc2)c1. The van der Waals surface area contributed by atoms with Gasteiger partial charge in [0, 0.05) is 19.3 Å². The minimum absolute atomic E-state index is 0.0928. The van der Waals surface area contributed by atoms with Gasteiger partial charge in [-0.25, -0.2) is 0 Å². The molecule has 0 unspecified atom stereocenters. The van der Waals surface area contributed by atoms with Gasteiger partial charge in [0.2, 0.25) is 0 Å². The second kappa shape index (κ2) is 6.54.